The van der Waals surface area contributed by atoms with E-state index < -0.39 is 0 Å². The molecule has 1 fully saturated rings. The number of thioether (sulfide) groups is 2. The highest BCUT2D eigenvalue weighted by atomic mass is 32.2. The van der Waals surface area contributed by atoms with Gasteiger partial charge in [-0.05, 0) is 18.2 Å². The van der Waals surface area contributed by atoms with Crippen LogP contribution in [0.1, 0.15) is 15.2 Å². The van der Waals surface area contributed by atoms with Crippen molar-refractivity contribution in [1.82, 2.24) is 4.98 Å². The molecule has 134 valence electrons. The minimum Gasteiger partial charge on any atom is -0.482 e. The predicted molar refractivity (Wildman–Crippen MR) is 109 cm³/mol. The van der Waals surface area contributed by atoms with Gasteiger partial charge in [-0.3, -0.25) is 0 Å². The molecule has 2 heterocycles. The lowest BCUT2D eigenvalue weighted by Gasteiger charge is -2.14. The van der Waals surface area contributed by atoms with Crippen LogP contribution < -0.4 is 4.74 Å². The van der Waals surface area contributed by atoms with Gasteiger partial charge in [-0.1, -0.05) is 30.3 Å². The van der Waals surface area contributed by atoms with E-state index in [9.17, 15) is 4.79 Å². The third kappa shape index (κ3) is 4.16. The Bertz CT molecular complexity index is 873. The second-order valence-electron chi connectivity index (χ2n) is 5.64. The van der Waals surface area contributed by atoms with Gasteiger partial charge in [0.2, 0.25) is 0 Å². The number of rotatable bonds is 6. The molecule has 0 N–H and O–H groups in total. The third-order valence-electron chi connectivity index (χ3n) is 3.84. The first kappa shape index (κ1) is 17.7. The van der Waals surface area contributed by atoms with E-state index in [1.807, 2.05) is 66.0 Å². The summed E-state index contributed by atoms with van der Waals surface area (Å²) in [5.41, 5.74) is 2.07. The summed E-state index contributed by atoms with van der Waals surface area (Å²) in [5.74, 6) is 2.67. The van der Waals surface area contributed by atoms with Crippen LogP contribution in [0.25, 0.3) is 10.2 Å². The van der Waals surface area contributed by atoms with E-state index in [1.165, 1.54) is 11.3 Å². The monoisotopic (exact) mass is 403 g/mol. The number of para-hydroxylation sites is 2. The van der Waals surface area contributed by atoms with Crippen molar-refractivity contribution in [3.05, 3.63) is 59.1 Å². The number of aromatic nitrogens is 1. The molecular formula is C19H17NO3S3. The van der Waals surface area contributed by atoms with Crippen LogP contribution in [-0.2, 0) is 16.1 Å². The Hall–Kier alpha value is -1.70. The predicted octanol–water partition coefficient (Wildman–Crippen LogP) is 4.90. The molecule has 4 rings (SSSR count). The van der Waals surface area contributed by atoms with Crippen LogP contribution in [0.5, 0.6) is 5.75 Å². The van der Waals surface area contributed by atoms with E-state index in [0.717, 1.165) is 38.0 Å². The first-order valence-electron chi connectivity index (χ1n) is 8.24. The molecule has 1 aromatic heterocycles. The number of hydrogen-bond donors (Lipinski definition) is 0. The maximum atomic E-state index is 12.1. The van der Waals surface area contributed by atoms with Crippen molar-refractivity contribution in [2.45, 2.75) is 11.2 Å². The average molecular weight is 404 g/mol. The molecule has 0 radical (unpaired) electrons. The molecule has 1 aliphatic heterocycles. The lowest BCUT2D eigenvalue weighted by atomic mass is 10.2. The lowest BCUT2D eigenvalue weighted by molar-refractivity contribution is -0.147. The maximum Gasteiger partial charge on any atom is 0.344 e. The van der Waals surface area contributed by atoms with Gasteiger partial charge in [0.1, 0.15) is 17.4 Å². The Morgan fingerprint density at radius 1 is 1.08 bits per heavy atom. The van der Waals surface area contributed by atoms with Crippen molar-refractivity contribution in [3.63, 3.8) is 0 Å². The summed E-state index contributed by atoms with van der Waals surface area (Å²) in [6.45, 7) is 0.0848. The molecule has 7 heteroatoms. The molecule has 0 bridgehead atoms. The molecule has 4 nitrogen and oxygen atoms in total. The van der Waals surface area contributed by atoms with Gasteiger partial charge in [0.25, 0.3) is 0 Å². The molecule has 0 spiro atoms. The quantitative estimate of drug-likeness (QED) is 0.546. The van der Waals surface area contributed by atoms with Crippen LogP contribution in [0.2, 0.25) is 0 Å². The van der Waals surface area contributed by atoms with Crippen LogP contribution in [-0.4, -0.2) is 29.1 Å². The maximum absolute atomic E-state index is 12.1. The molecule has 2 aromatic carbocycles. The van der Waals surface area contributed by atoms with Crippen molar-refractivity contribution >= 4 is 51.0 Å². The van der Waals surface area contributed by atoms with Crippen molar-refractivity contribution in [3.8, 4) is 5.75 Å². The highest BCUT2D eigenvalue weighted by molar-refractivity contribution is 8.19. The molecular weight excluding hydrogens is 386 g/mol. The number of esters is 1. The normalized spacial score (nSPS) is 14.6. The van der Waals surface area contributed by atoms with Gasteiger partial charge in [-0.15, -0.1) is 34.9 Å². The van der Waals surface area contributed by atoms with Gasteiger partial charge in [-0.25, -0.2) is 9.78 Å². The third-order valence-corrected chi connectivity index (χ3v) is 7.91. The second-order valence-corrected chi connectivity index (χ2v) is 9.48. The molecule has 3 aromatic rings. The van der Waals surface area contributed by atoms with E-state index in [-0.39, 0.29) is 19.2 Å². The topological polar surface area (TPSA) is 48.4 Å². The van der Waals surface area contributed by atoms with E-state index in [4.69, 9.17) is 9.47 Å². The second kappa shape index (κ2) is 8.33. The standard InChI is InChI=1S/C19H17NO3S3/c21-18(23-11-17-20-14-6-2-4-8-16(14)26-17)12-22-15-7-3-1-5-13(15)19-24-9-10-25-19/h1-8,19H,9-12H2. The summed E-state index contributed by atoms with van der Waals surface area (Å²) < 4.78 is 12.5. The number of fused-ring (bicyclic) bond motifs is 1. The van der Waals surface area contributed by atoms with E-state index >= 15 is 0 Å². The Morgan fingerprint density at radius 2 is 1.85 bits per heavy atom. The number of benzene rings is 2. The summed E-state index contributed by atoms with van der Waals surface area (Å²) in [6.07, 6.45) is 0. The van der Waals surface area contributed by atoms with Gasteiger partial charge < -0.3 is 9.47 Å². The van der Waals surface area contributed by atoms with E-state index in [0.29, 0.717) is 4.58 Å². The van der Waals surface area contributed by atoms with Crippen LogP contribution >= 0.6 is 34.9 Å². The van der Waals surface area contributed by atoms with E-state index in [2.05, 4.69) is 11.1 Å². The fourth-order valence-corrected chi connectivity index (χ4v) is 6.44. The summed E-state index contributed by atoms with van der Waals surface area (Å²) in [6, 6.07) is 15.8. The van der Waals surface area contributed by atoms with Crippen LogP contribution in [0.15, 0.2) is 48.5 Å². The lowest BCUT2D eigenvalue weighted by Crippen LogP contribution is -2.15. The highest BCUT2D eigenvalue weighted by Gasteiger charge is 2.22. The first-order valence-corrected chi connectivity index (χ1v) is 11.2. The number of carbonyl (C=O) groups excluding carboxylic acids is 1. The number of ether oxygens (including phenoxy) is 2. The Labute approximate surface area is 164 Å². The molecule has 0 atom stereocenters. The molecule has 0 saturated carbocycles. The zero-order valence-corrected chi connectivity index (χ0v) is 16.4. The highest BCUT2D eigenvalue weighted by Crippen LogP contribution is 2.48. The largest absolute Gasteiger partial charge is 0.482 e. The molecule has 1 saturated heterocycles. The number of thiazole rings is 1. The summed E-state index contributed by atoms with van der Waals surface area (Å²) in [4.78, 5) is 16.5. The molecule has 0 unspecified atom stereocenters. The first-order chi connectivity index (χ1) is 12.8. The Morgan fingerprint density at radius 3 is 2.69 bits per heavy atom. The zero-order valence-electron chi connectivity index (χ0n) is 13.9. The van der Waals surface area contributed by atoms with Crippen molar-refractivity contribution in [1.29, 1.82) is 0 Å². The molecule has 0 amide bonds. The molecule has 1 aliphatic rings. The van der Waals surface area contributed by atoms with Crippen molar-refractivity contribution < 1.29 is 14.3 Å². The fourth-order valence-electron chi connectivity index (χ4n) is 2.65. The smallest absolute Gasteiger partial charge is 0.344 e. The minimum absolute atomic E-state index is 0.0933. The average Bonchev–Trinajstić information content (AvgIpc) is 3.34. The summed E-state index contributed by atoms with van der Waals surface area (Å²) in [7, 11) is 0. The fraction of sp³-hybridized carbons (Fsp3) is 0.263. The summed E-state index contributed by atoms with van der Waals surface area (Å²) >= 11 is 5.36. The molecule has 0 aliphatic carbocycles. The van der Waals surface area contributed by atoms with Crippen LogP contribution in [0.3, 0.4) is 0 Å². The minimum atomic E-state index is -0.384. The van der Waals surface area contributed by atoms with Gasteiger partial charge in [0.15, 0.2) is 6.61 Å². The van der Waals surface area contributed by atoms with Gasteiger partial charge in [0.05, 0.1) is 14.8 Å². The summed E-state index contributed by atoms with van der Waals surface area (Å²) in [5, 5.41) is 0.790. The number of nitrogens with zero attached hydrogens (tertiary/aromatic N) is 1. The SMILES string of the molecule is O=C(COc1ccccc1C1SCCS1)OCc1nc2ccccc2s1. The van der Waals surface area contributed by atoms with Gasteiger partial charge in [-0.2, -0.15) is 0 Å². The number of hydrogen-bond acceptors (Lipinski definition) is 7. The van der Waals surface area contributed by atoms with Crippen molar-refractivity contribution in [2.24, 2.45) is 0 Å². The zero-order chi connectivity index (χ0) is 17.8. The van der Waals surface area contributed by atoms with Crippen molar-refractivity contribution in [2.75, 3.05) is 18.1 Å². The van der Waals surface area contributed by atoms with Crippen LogP contribution in [0, 0.1) is 0 Å². The Kier molecular flexibility index (Phi) is 5.67. The number of carbonyl (C=O) groups is 1. The van der Waals surface area contributed by atoms with Gasteiger partial charge in [0, 0.05) is 17.1 Å². The van der Waals surface area contributed by atoms with Gasteiger partial charge >= 0.3 is 5.97 Å². The van der Waals surface area contributed by atoms with Crippen LogP contribution in [0.4, 0.5) is 0 Å². The van der Waals surface area contributed by atoms with E-state index in [1.54, 1.807) is 0 Å². The molecule has 26 heavy (non-hydrogen) atoms. The Balaban J connectivity index is 1.33.